The molecule has 5 rings (SSSR count). The van der Waals surface area contributed by atoms with Crippen LogP contribution in [-0.4, -0.2) is 41.1 Å². The zero-order valence-corrected chi connectivity index (χ0v) is 17.9. The second-order valence-corrected chi connectivity index (χ2v) is 8.19. The van der Waals surface area contributed by atoms with Gasteiger partial charge in [0.2, 0.25) is 0 Å². The summed E-state index contributed by atoms with van der Waals surface area (Å²) < 4.78 is 19.6. The van der Waals surface area contributed by atoms with Gasteiger partial charge in [-0.1, -0.05) is 78.0 Å². The van der Waals surface area contributed by atoms with Crippen LogP contribution in [-0.2, 0) is 6.54 Å². The molecule has 3 aromatic carbocycles. The Labute approximate surface area is 187 Å². The van der Waals surface area contributed by atoms with Crippen LogP contribution in [0.15, 0.2) is 95.5 Å². The number of nitrogens with zero attached hydrogens (tertiary/aromatic N) is 3. The summed E-state index contributed by atoms with van der Waals surface area (Å²) in [5.41, 5.74) is 3.65. The Morgan fingerprint density at radius 1 is 0.781 bits per heavy atom. The van der Waals surface area contributed by atoms with Gasteiger partial charge in [-0.3, -0.25) is 9.80 Å². The van der Waals surface area contributed by atoms with Crippen molar-refractivity contribution in [2.75, 3.05) is 26.2 Å². The molecule has 4 aromatic rings. The number of rotatable bonds is 6. The molecule has 1 saturated heterocycles. The topological polar surface area (TPSA) is 32.5 Å². The molecule has 5 heteroatoms. The first-order valence-electron chi connectivity index (χ1n) is 11.0. The average Bonchev–Trinajstić information content (AvgIpc) is 3.30. The van der Waals surface area contributed by atoms with E-state index >= 15 is 0 Å². The maximum atomic E-state index is 14.0. The van der Waals surface area contributed by atoms with Crippen LogP contribution in [0.3, 0.4) is 0 Å². The third kappa shape index (κ3) is 4.49. The molecule has 32 heavy (non-hydrogen) atoms. The van der Waals surface area contributed by atoms with Gasteiger partial charge in [-0.05, 0) is 23.3 Å². The van der Waals surface area contributed by atoms with E-state index in [1.807, 2.05) is 12.1 Å². The molecule has 0 unspecified atom stereocenters. The van der Waals surface area contributed by atoms with Gasteiger partial charge in [-0.25, -0.2) is 4.39 Å². The van der Waals surface area contributed by atoms with Gasteiger partial charge in [0.05, 0.1) is 12.6 Å². The van der Waals surface area contributed by atoms with Crippen LogP contribution >= 0.6 is 0 Å². The van der Waals surface area contributed by atoms with Crippen molar-refractivity contribution in [1.29, 1.82) is 0 Å². The van der Waals surface area contributed by atoms with Crippen molar-refractivity contribution >= 4 is 0 Å². The highest BCUT2D eigenvalue weighted by Crippen LogP contribution is 2.30. The Morgan fingerprint density at radius 3 is 2.00 bits per heavy atom. The predicted molar refractivity (Wildman–Crippen MR) is 123 cm³/mol. The second-order valence-electron chi connectivity index (χ2n) is 8.19. The van der Waals surface area contributed by atoms with Crippen LogP contribution < -0.4 is 0 Å². The van der Waals surface area contributed by atoms with Crippen molar-refractivity contribution < 1.29 is 8.91 Å². The lowest BCUT2D eigenvalue weighted by atomic mass is 9.96. The largest absolute Gasteiger partial charge is 0.359 e. The predicted octanol–water partition coefficient (Wildman–Crippen LogP) is 5.39. The van der Waals surface area contributed by atoms with E-state index in [0.717, 1.165) is 31.9 Å². The summed E-state index contributed by atoms with van der Waals surface area (Å²) in [6.45, 7) is 4.47. The molecule has 0 saturated carbocycles. The van der Waals surface area contributed by atoms with Gasteiger partial charge in [-0.2, -0.15) is 0 Å². The summed E-state index contributed by atoms with van der Waals surface area (Å²) in [5, 5.41) is 4.08. The number of benzene rings is 3. The minimum Gasteiger partial charge on any atom is -0.359 e. The molecule has 0 N–H and O–H groups in total. The number of hydrogen-bond acceptors (Lipinski definition) is 4. The summed E-state index contributed by atoms with van der Waals surface area (Å²) in [7, 11) is 0. The van der Waals surface area contributed by atoms with E-state index in [1.165, 1.54) is 17.2 Å². The van der Waals surface area contributed by atoms with Gasteiger partial charge in [0.1, 0.15) is 11.5 Å². The summed E-state index contributed by atoms with van der Waals surface area (Å²) in [6, 6.07) is 30.2. The SMILES string of the molecule is Fc1ccccc1-c1cc(CN2CCN(C(c3ccccc3)c3ccccc3)CC2)on1. The standard InChI is InChI=1S/C27H26FN3O/c28-25-14-8-7-13-24(25)26-19-23(32-29-26)20-30-15-17-31(18-16-30)27(21-9-3-1-4-10-21)22-11-5-2-6-12-22/h1-14,19,27H,15-18,20H2. The molecule has 0 amide bonds. The van der Waals surface area contributed by atoms with Crippen molar-refractivity contribution in [3.63, 3.8) is 0 Å². The molecular formula is C27H26FN3O. The van der Waals surface area contributed by atoms with E-state index in [4.69, 9.17) is 4.52 Å². The highest BCUT2D eigenvalue weighted by molar-refractivity contribution is 5.59. The Kier molecular flexibility index (Phi) is 6.10. The summed E-state index contributed by atoms with van der Waals surface area (Å²) in [4.78, 5) is 4.92. The quantitative estimate of drug-likeness (QED) is 0.413. The number of halogens is 1. The smallest absolute Gasteiger partial charge is 0.151 e. The molecule has 1 aliphatic rings. The van der Waals surface area contributed by atoms with E-state index < -0.39 is 0 Å². The van der Waals surface area contributed by atoms with E-state index in [9.17, 15) is 4.39 Å². The lowest BCUT2D eigenvalue weighted by molar-refractivity contribution is 0.0980. The first-order valence-corrected chi connectivity index (χ1v) is 11.0. The van der Waals surface area contributed by atoms with Gasteiger partial charge >= 0.3 is 0 Å². The molecule has 0 radical (unpaired) electrons. The van der Waals surface area contributed by atoms with Gasteiger partial charge in [0, 0.05) is 37.8 Å². The molecular weight excluding hydrogens is 401 g/mol. The van der Waals surface area contributed by atoms with E-state index in [2.05, 4.69) is 75.6 Å². The van der Waals surface area contributed by atoms with Crippen molar-refractivity contribution in [3.8, 4) is 11.3 Å². The first kappa shape index (κ1) is 20.6. The zero-order valence-electron chi connectivity index (χ0n) is 17.9. The van der Waals surface area contributed by atoms with Crippen molar-refractivity contribution in [2.24, 2.45) is 0 Å². The zero-order chi connectivity index (χ0) is 21.8. The number of hydrogen-bond donors (Lipinski definition) is 0. The highest BCUT2D eigenvalue weighted by Gasteiger charge is 2.27. The lowest BCUT2D eigenvalue weighted by Gasteiger charge is -2.39. The number of aromatic nitrogens is 1. The molecule has 0 aliphatic carbocycles. The minimum atomic E-state index is -0.283. The van der Waals surface area contributed by atoms with Gasteiger partial charge < -0.3 is 4.52 Å². The molecule has 0 spiro atoms. The van der Waals surface area contributed by atoms with Crippen LogP contribution in [0.25, 0.3) is 11.3 Å². The Bertz CT molecular complexity index is 1100. The van der Waals surface area contributed by atoms with Crippen molar-refractivity contribution in [2.45, 2.75) is 12.6 Å². The van der Waals surface area contributed by atoms with Crippen LogP contribution in [0.1, 0.15) is 22.9 Å². The first-order chi connectivity index (χ1) is 15.8. The molecule has 2 heterocycles. The maximum absolute atomic E-state index is 14.0. The summed E-state index contributed by atoms with van der Waals surface area (Å²) in [5.74, 6) is 0.480. The van der Waals surface area contributed by atoms with Crippen molar-refractivity contribution in [1.82, 2.24) is 15.0 Å². The Balaban J connectivity index is 1.26. The Morgan fingerprint density at radius 2 is 1.38 bits per heavy atom. The molecule has 1 aromatic heterocycles. The molecule has 162 valence electrons. The molecule has 1 fully saturated rings. The molecule has 0 bridgehead atoms. The lowest BCUT2D eigenvalue weighted by Crippen LogP contribution is -2.47. The second kappa shape index (κ2) is 9.47. The van der Waals surface area contributed by atoms with Gasteiger partial charge in [0.25, 0.3) is 0 Å². The van der Waals surface area contributed by atoms with Crippen LogP contribution in [0, 0.1) is 5.82 Å². The fraction of sp³-hybridized carbons (Fsp3) is 0.222. The third-order valence-electron chi connectivity index (χ3n) is 6.09. The van der Waals surface area contributed by atoms with Gasteiger partial charge in [0.15, 0.2) is 5.76 Å². The number of piperazine rings is 1. The Hall–Kier alpha value is -3.28. The highest BCUT2D eigenvalue weighted by atomic mass is 19.1. The molecule has 4 nitrogen and oxygen atoms in total. The third-order valence-corrected chi connectivity index (χ3v) is 6.09. The van der Waals surface area contributed by atoms with E-state index in [0.29, 0.717) is 17.8 Å². The van der Waals surface area contributed by atoms with E-state index in [-0.39, 0.29) is 11.9 Å². The summed E-state index contributed by atoms with van der Waals surface area (Å²) >= 11 is 0. The van der Waals surface area contributed by atoms with Gasteiger partial charge in [-0.15, -0.1) is 0 Å². The monoisotopic (exact) mass is 427 g/mol. The molecule has 0 atom stereocenters. The maximum Gasteiger partial charge on any atom is 0.151 e. The van der Waals surface area contributed by atoms with E-state index in [1.54, 1.807) is 12.1 Å². The van der Waals surface area contributed by atoms with Crippen LogP contribution in [0.4, 0.5) is 4.39 Å². The normalized spacial score (nSPS) is 15.3. The fourth-order valence-electron chi connectivity index (χ4n) is 4.47. The average molecular weight is 428 g/mol. The fourth-order valence-corrected chi connectivity index (χ4v) is 4.47. The van der Waals surface area contributed by atoms with Crippen LogP contribution in [0.2, 0.25) is 0 Å². The molecule has 1 aliphatic heterocycles. The van der Waals surface area contributed by atoms with Crippen LogP contribution in [0.5, 0.6) is 0 Å². The minimum absolute atomic E-state index is 0.248. The summed E-state index contributed by atoms with van der Waals surface area (Å²) in [6.07, 6.45) is 0. The van der Waals surface area contributed by atoms with Crippen molar-refractivity contribution in [3.05, 3.63) is 114 Å².